The van der Waals surface area contributed by atoms with Gasteiger partial charge in [-0.15, -0.1) is 12.4 Å². The van der Waals surface area contributed by atoms with Crippen molar-refractivity contribution in [1.29, 1.82) is 0 Å². The van der Waals surface area contributed by atoms with E-state index in [1.807, 2.05) is 20.8 Å². The number of nitrogens with one attached hydrogen (secondary N) is 1. The smallest absolute Gasteiger partial charge is 0.237 e. The summed E-state index contributed by atoms with van der Waals surface area (Å²) in [5.41, 5.74) is 5.67. The van der Waals surface area contributed by atoms with Crippen molar-refractivity contribution < 1.29 is 4.79 Å². The van der Waals surface area contributed by atoms with E-state index in [0.717, 1.165) is 0 Å². The number of nitrogens with two attached hydrogens (primary N) is 1. The highest BCUT2D eigenvalue weighted by Crippen LogP contribution is 2.17. The van der Waals surface area contributed by atoms with Gasteiger partial charge >= 0.3 is 0 Å². The van der Waals surface area contributed by atoms with Gasteiger partial charge in [0.1, 0.15) is 0 Å². The number of amides is 1. The lowest BCUT2D eigenvalue weighted by atomic mass is 9.87. The van der Waals surface area contributed by atoms with Crippen LogP contribution in [-0.2, 0) is 4.79 Å². The Labute approximate surface area is 106 Å². The van der Waals surface area contributed by atoms with Gasteiger partial charge in [-0.2, -0.15) is 0 Å². The van der Waals surface area contributed by atoms with Crippen LogP contribution in [0.2, 0.25) is 0 Å². The Balaban J connectivity index is 0. The Morgan fingerprint density at radius 1 is 1.25 bits per heavy atom. The van der Waals surface area contributed by atoms with Gasteiger partial charge in [0.05, 0.1) is 6.04 Å². The summed E-state index contributed by atoms with van der Waals surface area (Å²) in [5.74, 6) is 1.02. The quantitative estimate of drug-likeness (QED) is 0.804. The van der Waals surface area contributed by atoms with E-state index in [1.54, 1.807) is 0 Å². The number of carbonyl (C=O) groups excluding carboxylic acids is 1. The largest absolute Gasteiger partial charge is 0.354 e. The Morgan fingerprint density at radius 2 is 1.69 bits per heavy atom. The van der Waals surface area contributed by atoms with Crippen molar-refractivity contribution in [3.63, 3.8) is 0 Å². The van der Waals surface area contributed by atoms with Crippen LogP contribution in [0.1, 0.15) is 41.5 Å². The highest BCUT2D eigenvalue weighted by molar-refractivity contribution is 5.85. The summed E-state index contributed by atoms with van der Waals surface area (Å²) in [6, 6.07) is -0.433. The molecule has 0 saturated heterocycles. The molecule has 3 nitrogen and oxygen atoms in total. The van der Waals surface area contributed by atoms with Gasteiger partial charge in [0.25, 0.3) is 0 Å². The highest BCUT2D eigenvalue weighted by Gasteiger charge is 2.27. The third kappa shape index (κ3) is 6.33. The Kier molecular flexibility index (Phi) is 8.06. The first-order valence-electron chi connectivity index (χ1n) is 5.69. The van der Waals surface area contributed by atoms with E-state index in [4.69, 9.17) is 5.73 Å². The number of carbonyl (C=O) groups is 1. The van der Waals surface area contributed by atoms with Gasteiger partial charge in [0.2, 0.25) is 5.91 Å². The third-order valence-corrected chi connectivity index (χ3v) is 2.95. The van der Waals surface area contributed by atoms with Crippen LogP contribution in [-0.4, -0.2) is 18.5 Å². The number of hydrogen-bond donors (Lipinski definition) is 2. The van der Waals surface area contributed by atoms with Crippen LogP contribution >= 0.6 is 12.4 Å². The lowest BCUT2D eigenvalue weighted by molar-refractivity contribution is -0.124. The fraction of sp³-hybridized carbons (Fsp3) is 0.917. The average Bonchev–Trinajstić information content (AvgIpc) is 2.10. The second-order valence-electron chi connectivity index (χ2n) is 5.81. The van der Waals surface area contributed by atoms with E-state index in [0.29, 0.717) is 18.4 Å². The van der Waals surface area contributed by atoms with Crippen molar-refractivity contribution in [3.8, 4) is 0 Å². The molecule has 0 aromatic heterocycles. The molecule has 0 rings (SSSR count). The molecule has 0 radical (unpaired) electrons. The zero-order chi connectivity index (χ0) is 12.2. The van der Waals surface area contributed by atoms with Gasteiger partial charge < -0.3 is 11.1 Å². The van der Waals surface area contributed by atoms with Crippen molar-refractivity contribution >= 4 is 18.3 Å². The normalized spacial score (nSPS) is 15.2. The van der Waals surface area contributed by atoms with E-state index >= 15 is 0 Å². The lowest BCUT2D eigenvalue weighted by Crippen LogP contribution is -2.49. The maximum Gasteiger partial charge on any atom is 0.237 e. The predicted molar refractivity (Wildman–Crippen MR) is 71.7 cm³/mol. The lowest BCUT2D eigenvalue weighted by Gasteiger charge is -2.26. The molecule has 0 fully saturated rings. The van der Waals surface area contributed by atoms with E-state index in [-0.39, 0.29) is 23.7 Å². The Morgan fingerprint density at radius 3 is 2.00 bits per heavy atom. The molecule has 0 aromatic rings. The number of rotatable bonds is 4. The van der Waals surface area contributed by atoms with Gasteiger partial charge in [-0.25, -0.2) is 0 Å². The van der Waals surface area contributed by atoms with Crippen molar-refractivity contribution in [1.82, 2.24) is 5.32 Å². The molecule has 1 unspecified atom stereocenters. The van der Waals surface area contributed by atoms with Gasteiger partial charge in [-0.05, 0) is 17.3 Å². The zero-order valence-electron chi connectivity index (χ0n) is 11.3. The molecule has 0 aliphatic rings. The summed E-state index contributed by atoms with van der Waals surface area (Å²) in [6.07, 6.45) is 0. The maximum atomic E-state index is 11.7. The summed E-state index contributed by atoms with van der Waals surface area (Å²) >= 11 is 0. The fourth-order valence-corrected chi connectivity index (χ4v) is 1.00. The van der Waals surface area contributed by atoms with Crippen LogP contribution in [0.3, 0.4) is 0 Å². The minimum atomic E-state index is -0.433. The van der Waals surface area contributed by atoms with Crippen LogP contribution < -0.4 is 11.1 Å². The number of halogens is 1. The fourth-order valence-electron chi connectivity index (χ4n) is 1.00. The van der Waals surface area contributed by atoms with Crippen LogP contribution in [0.5, 0.6) is 0 Å². The molecule has 0 aliphatic carbocycles. The molecular formula is C12H27ClN2O. The van der Waals surface area contributed by atoms with Crippen molar-refractivity contribution in [2.24, 2.45) is 23.0 Å². The van der Waals surface area contributed by atoms with E-state index < -0.39 is 6.04 Å². The first-order chi connectivity index (χ1) is 6.66. The summed E-state index contributed by atoms with van der Waals surface area (Å²) in [6.45, 7) is 13.1. The molecule has 0 saturated carbocycles. The molecule has 0 spiro atoms. The monoisotopic (exact) mass is 250 g/mol. The topological polar surface area (TPSA) is 55.1 Å². The van der Waals surface area contributed by atoms with Crippen LogP contribution in [0.15, 0.2) is 0 Å². The molecule has 98 valence electrons. The molecule has 0 aliphatic heterocycles. The summed E-state index contributed by atoms with van der Waals surface area (Å²) < 4.78 is 0. The third-order valence-electron chi connectivity index (χ3n) is 2.95. The standard InChI is InChI=1S/C12H26N2O.ClH/c1-8(2)9(3)7-14-11(15)10(13)12(4,5)6;/h8-10H,7,13H2,1-6H3,(H,14,15);1H/t9?,10-;/m1./s1. The number of hydrogen-bond acceptors (Lipinski definition) is 2. The van der Waals surface area contributed by atoms with Crippen LogP contribution in [0.4, 0.5) is 0 Å². The van der Waals surface area contributed by atoms with Gasteiger partial charge in [0, 0.05) is 6.54 Å². The minimum absolute atomic E-state index is 0. The van der Waals surface area contributed by atoms with Crippen molar-refractivity contribution in [2.75, 3.05) is 6.54 Å². The SMILES string of the molecule is CC(C)C(C)CNC(=O)[C@@H](N)C(C)(C)C.Cl. The molecule has 0 aromatic carbocycles. The van der Waals surface area contributed by atoms with Crippen molar-refractivity contribution in [2.45, 2.75) is 47.6 Å². The first kappa shape index (κ1) is 18.1. The Bertz CT molecular complexity index is 212. The second-order valence-corrected chi connectivity index (χ2v) is 5.81. The maximum absolute atomic E-state index is 11.7. The van der Waals surface area contributed by atoms with E-state index in [9.17, 15) is 4.79 Å². The summed E-state index contributed by atoms with van der Waals surface area (Å²) in [7, 11) is 0. The average molecular weight is 251 g/mol. The molecule has 1 amide bonds. The van der Waals surface area contributed by atoms with Gasteiger partial charge in [-0.3, -0.25) is 4.79 Å². The van der Waals surface area contributed by atoms with Crippen LogP contribution in [0.25, 0.3) is 0 Å². The second kappa shape index (κ2) is 7.13. The van der Waals surface area contributed by atoms with Gasteiger partial charge in [0.15, 0.2) is 0 Å². The Hall–Kier alpha value is -0.280. The van der Waals surface area contributed by atoms with Crippen LogP contribution in [0, 0.1) is 17.3 Å². The molecular weight excluding hydrogens is 224 g/mol. The predicted octanol–water partition coefficient (Wildman–Crippen LogP) is 2.19. The molecule has 0 bridgehead atoms. The summed E-state index contributed by atoms with van der Waals surface area (Å²) in [5, 5.41) is 2.91. The van der Waals surface area contributed by atoms with Gasteiger partial charge in [-0.1, -0.05) is 41.5 Å². The van der Waals surface area contributed by atoms with E-state index in [2.05, 4.69) is 26.1 Å². The highest BCUT2D eigenvalue weighted by atomic mass is 35.5. The molecule has 2 atom stereocenters. The molecule has 0 heterocycles. The van der Waals surface area contributed by atoms with E-state index in [1.165, 1.54) is 0 Å². The summed E-state index contributed by atoms with van der Waals surface area (Å²) in [4.78, 5) is 11.7. The first-order valence-corrected chi connectivity index (χ1v) is 5.69. The zero-order valence-corrected chi connectivity index (χ0v) is 12.1. The molecule has 3 N–H and O–H groups in total. The van der Waals surface area contributed by atoms with Crippen molar-refractivity contribution in [3.05, 3.63) is 0 Å². The molecule has 16 heavy (non-hydrogen) atoms. The minimum Gasteiger partial charge on any atom is -0.354 e. The molecule has 4 heteroatoms.